The van der Waals surface area contributed by atoms with E-state index in [-0.39, 0.29) is 11.8 Å². The maximum absolute atomic E-state index is 13.2. The number of hydrogen-bond acceptors (Lipinski definition) is 6. The van der Waals surface area contributed by atoms with Gasteiger partial charge in [0.2, 0.25) is 0 Å². The zero-order valence-electron chi connectivity index (χ0n) is 21.7. The summed E-state index contributed by atoms with van der Waals surface area (Å²) in [7, 11) is 0. The van der Waals surface area contributed by atoms with E-state index in [4.69, 9.17) is 14.2 Å². The largest absolute Gasteiger partial charge is 0.454 e. The molecule has 0 saturated carbocycles. The minimum Gasteiger partial charge on any atom is -0.454 e. The molecular formula is C31H34O6. The summed E-state index contributed by atoms with van der Waals surface area (Å²) in [5.41, 5.74) is 1.11. The average Bonchev–Trinajstić information content (AvgIpc) is 2.94. The van der Waals surface area contributed by atoms with Crippen LogP contribution in [-0.2, 0) is 14.2 Å². The molecule has 4 atom stereocenters. The van der Waals surface area contributed by atoms with Gasteiger partial charge in [0.15, 0.2) is 6.10 Å². The number of ether oxygens (including phenoxy) is 3. The molecule has 0 bridgehead atoms. The van der Waals surface area contributed by atoms with Crippen molar-refractivity contribution in [2.24, 2.45) is 11.8 Å². The lowest BCUT2D eigenvalue weighted by molar-refractivity contribution is -0.112. The number of rotatable bonds is 11. The first kappa shape index (κ1) is 27.7. The Morgan fingerprint density at radius 3 is 1.19 bits per heavy atom. The number of benzene rings is 3. The maximum atomic E-state index is 13.2. The molecule has 3 rings (SSSR count). The third kappa shape index (κ3) is 7.53. The first-order valence-electron chi connectivity index (χ1n) is 12.6. The summed E-state index contributed by atoms with van der Waals surface area (Å²) in [6.45, 7) is 7.63. The fourth-order valence-corrected chi connectivity index (χ4v) is 3.94. The molecule has 0 amide bonds. The molecule has 0 N–H and O–H groups in total. The number of esters is 3. The Labute approximate surface area is 218 Å². The molecule has 0 saturated heterocycles. The van der Waals surface area contributed by atoms with Crippen LogP contribution < -0.4 is 0 Å². The molecule has 0 aromatic heterocycles. The highest BCUT2D eigenvalue weighted by Gasteiger charge is 2.42. The minimum absolute atomic E-state index is 0.196. The van der Waals surface area contributed by atoms with E-state index in [0.29, 0.717) is 23.1 Å². The van der Waals surface area contributed by atoms with Gasteiger partial charge in [0, 0.05) is 0 Å². The van der Waals surface area contributed by atoms with Crippen molar-refractivity contribution in [2.45, 2.75) is 52.4 Å². The van der Waals surface area contributed by atoms with E-state index in [1.54, 1.807) is 78.9 Å². The van der Waals surface area contributed by atoms with Gasteiger partial charge in [-0.2, -0.15) is 0 Å². The van der Waals surface area contributed by atoms with Gasteiger partial charge < -0.3 is 14.2 Å². The first-order chi connectivity index (χ1) is 17.8. The summed E-state index contributed by atoms with van der Waals surface area (Å²) >= 11 is 0. The molecule has 0 aliphatic heterocycles. The summed E-state index contributed by atoms with van der Waals surface area (Å²) in [6.07, 6.45) is -2.13. The zero-order valence-corrected chi connectivity index (χ0v) is 21.7. The molecule has 0 aliphatic rings. The smallest absolute Gasteiger partial charge is 0.338 e. The van der Waals surface area contributed by atoms with Crippen molar-refractivity contribution in [1.29, 1.82) is 0 Å². The Morgan fingerprint density at radius 2 is 0.865 bits per heavy atom. The Kier molecular flexibility index (Phi) is 10.0. The van der Waals surface area contributed by atoms with Gasteiger partial charge in [-0.1, -0.05) is 82.3 Å². The lowest BCUT2D eigenvalue weighted by Crippen LogP contribution is -2.50. The molecule has 0 unspecified atom stereocenters. The Balaban J connectivity index is 1.99. The molecule has 3 aromatic rings. The predicted octanol–water partition coefficient (Wildman–Crippen LogP) is 6.37. The summed E-state index contributed by atoms with van der Waals surface area (Å²) in [5, 5.41) is 0. The van der Waals surface area contributed by atoms with E-state index < -0.39 is 36.2 Å². The van der Waals surface area contributed by atoms with Crippen LogP contribution in [0.2, 0.25) is 0 Å². The van der Waals surface area contributed by atoms with Crippen LogP contribution in [0.1, 0.15) is 65.2 Å². The molecule has 0 heterocycles. The van der Waals surface area contributed by atoms with Gasteiger partial charge in [-0.05, 0) is 54.7 Å². The normalized spacial score (nSPS) is 14.2. The second-order valence-electron chi connectivity index (χ2n) is 9.34. The molecule has 6 heteroatoms. The van der Waals surface area contributed by atoms with Gasteiger partial charge in [0.05, 0.1) is 16.7 Å². The zero-order chi connectivity index (χ0) is 26.8. The van der Waals surface area contributed by atoms with Crippen LogP contribution in [0, 0.1) is 11.8 Å². The minimum atomic E-state index is -1.04. The highest BCUT2D eigenvalue weighted by molar-refractivity contribution is 5.91. The number of carbonyl (C=O) groups excluding carboxylic acids is 3. The lowest BCUT2D eigenvalue weighted by Gasteiger charge is -2.37. The highest BCUT2D eigenvalue weighted by atomic mass is 16.6. The van der Waals surface area contributed by atoms with Gasteiger partial charge >= 0.3 is 17.9 Å². The molecule has 37 heavy (non-hydrogen) atoms. The van der Waals surface area contributed by atoms with E-state index >= 15 is 0 Å². The monoisotopic (exact) mass is 502 g/mol. The van der Waals surface area contributed by atoms with Crippen molar-refractivity contribution in [3.63, 3.8) is 0 Å². The summed E-state index contributed by atoms with van der Waals surface area (Å²) in [5.74, 6) is -2.11. The second-order valence-corrected chi connectivity index (χ2v) is 9.34. The molecule has 194 valence electrons. The maximum Gasteiger partial charge on any atom is 0.338 e. The Hall–Kier alpha value is -3.93. The standard InChI is InChI=1S/C31H34O6/c1-5-22(4)27(36-30(33)24-17-11-7-12-18-24)28(37-31(34)25-19-13-8-14-20-25)26(21(2)3)35-29(32)23-15-9-6-10-16-23/h6-22,26-28H,5H2,1-4H3/t22-,26+,27-,28-/m1/s1. The summed E-state index contributed by atoms with van der Waals surface area (Å²) < 4.78 is 18.0. The lowest BCUT2D eigenvalue weighted by atomic mass is 9.89. The number of hydrogen-bond donors (Lipinski definition) is 0. The average molecular weight is 503 g/mol. The van der Waals surface area contributed by atoms with E-state index in [0.717, 1.165) is 0 Å². The summed E-state index contributed by atoms with van der Waals surface area (Å²) in [4.78, 5) is 39.4. The molecule has 0 radical (unpaired) electrons. The molecule has 3 aromatic carbocycles. The van der Waals surface area contributed by atoms with E-state index in [1.807, 2.05) is 39.8 Å². The van der Waals surface area contributed by atoms with Gasteiger partial charge in [-0.25, -0.2) is 14.4 Å². The van der Waals surface area contributed by atoms with Crippen LogP contribution in [0.3, 0.4) is 0 Å². The van der Waals surface area contributed by atoms with Crippen LogP contribution in [0.4, 0.5) is 0 Å². The second kappa shape index (κ2) is 13.4. The highest BCUT2D eigenvalue weighted by Crippen LogP contribution is 2.28. The first-order valence-corrected chi connectivity index (χ1v) is 12.6. The van der Waals surface area contributed by atoms with Gasteiger partial charge in [0.1, 0.15) is 12.2 Å². The Morgan fingerprint density at radius 1 is 0.541 bits per heavy atom. The number of carbonyl (C=O) groups is 3. The third-order valence-corrected chi connectivity index (χ3v) is 6.27. The quantitative estimate of drug-likeness (QED) is 0.224. The van der Waals surface area contributed by atoms with Crippen LogP contribution >= 0.6 is 0 Å². The fourth-order valence-electron chi connectivity index (χ4n) is 3.94. The van der Waals surface area contributed by atoms with Crippen LogP contribution in [-0.4, -0.2) is 36.2 Å². The van der Waals surface area contributed by atoms with E-state index in [2.05, 4.69) is 0 Å². The van der Waals surface area contributed by atoms with Crippen molar-refractivity contribution < 1.29 is 28.6 Å². The predicted molar refractivity (Wildman–Crippen MR) is 141 cm³/mol. The van der Waals surface area contributed by atoms with Crippen LogP contribution in [0.25, 0.3) is 0 Å². The van der Waals surface area contributed by atoms with Crippen LogP contribution in [0.15, 0.2) is 91.0 Å². The summed E-state index contributed by atoms with van der Waals surface area (Å²) in [6, 6.07) is 25.8. The topological polar surface area (TPSA) is 78.9 Å². The van der Waals surface area contributed by atoms with Crippen molar-refractivity contribution in [1.82, 2.24) is 0 Å². The van der Waals surface area contributed by atoms with Gasteiger partial charge in [0.25, 0.3) is 0 Å². The van der Waals surface area contributed by atoms with Crippen molar-refractivity contribution in [3.8, 4) is 0 Å². The van der Waals surface area contributed by atoms with E-state index in [1.165, 1.54) is 0 Å². The van der Waals surface area contributed by atoms with Crippen molar-refractivity contribution in [2.75, 3.05) is 0 Å². The van der Waals surface area contributed by atoms with Gasteiger partial charge in [-0.3, -0.25) is 0 Å². The van der Waals surface area contributed by atoms with Gasteiger partial charge in [-0.15, -0.1) is 0 Å². The molecule has 6 nitrogen and oxygen atoms in total. The SMILES string of the molecule is CC[C@@H](C)[C@@H](OC(=O)c1ccccc1)[C@H](OC(=O)c1ccccc1)[C@@H](OC(=O)c1ccccc1)C(C)C. The molecular weight excluding hydrogens is 468 g/mol. The molecule has 0 aliphatic carbocycles. The van der Waals surface area contributed by atoms with E-state index in [9.17, 15) is 14.4 Å². The fraction of sp³-hybridized carbons (Fsp3) is 0.323. The third-order valence-electron chi connectivity index (χ3n) is 6.27. The van der Waals surface area contributed by atoms with Crippen molar-refractivity contribution >= 4 is 17.9 Å². The molecule has 0 spiro atoms. The molecule has 0 fully saturated rings. The van der Waals surface area contributed by atoms with Crippen LogP contribution in [0.5, 0.6) is 0 Å². The Bertz CT molecular complexity index is 1140. The van der Waals surface area contributed by atoms with Crippen molar-refractivity contribution in [3.05, 3.63) is 108 Å².